The molecule has 8 heteroatoms. The van der Waals surface area contributed by atoms with Crippen molar-refractivity contribution < 1.29 is 34.3 Å². The van der Waals surface area contributed by atoms with E-state index in [1.54, 1.807) is 13.0 Å². The Hall–Kier alpha value is -3.65. The van der Waals surface area contributed by atoms with E-state index in [1.807, 2.05) is 0 Å². The van der Waals surface area contributed by atoms with Crippen molar-refractivity contribution in [3.63, 3.8) is 0 Å². The van der Waals surface area contributed by atoms with Gasteiger partial charge in [-0.3, -0.25) is 4.79 Å². The van der Waals surface area contributed by atoms with Gasteiger partial charge in [0.25, 0.3) is 0 Å². The molecule has 0 spiro atoms. The first-order chi connectivity index (χ1) is 14.3. The van der Waals surface area contributed by atoms with Crippen molar-refractivity contribution in [3.8, 4) is 39.9 Å². The lowest BCUT2D eigenvalue weighted by Crippen LogP contribution is -2.07. The van der Waals surface area contributed by atoms with E-state index in [0.717, 1.165) is 6.07 Å². The number of hydrogen-bond donors (Lipinski definition) is 4. The van der Waals surface area contributed by atoms with Crippen molar-refractivity contribution in [1.29, 1.82) is 0 Å². The van der Waals surface area contributed by atoms with Gasteiger partial charge in [-0.25, -0.2) is 0 Å². The molecule has 158 valence electrons. The Morgan fingerprint density at radius 2 is 1.70 bits per heavy atom. The zero-order valence-electron chi connectivity index (χ0n) is 16.7. The van der Waals surface area contributed by atoms with Crippen molar-refractivity contribution in [2.24, 2.45) is 0 Å². The van der Waals surface area contributed by atoms with Gasteiger partial charge in [0.1, 0.15) is 34.5 Å². The maximum atomic E-state index is 13.2. The molecule has 0 aliphatic heterocycles. The average Bonchev–Trinajstić information content (AvgIpc) is 2.73. The first kappa shape index (κ1) is 21.1. The second kappa shape index (κ2) is 8.38. The molecule has 2 aromatic carbocycles. The molecule has 30 heavy (non-hydrogen) atoms. The fourth-order valence-corrected chi connectivity index (χ4v) is 3.14. The molecule has 0 amide bonds. The van der Waals surface area contributed by atoms with Crippen molar-refractivity contribution in [3.05, 3.63) is 51.9 Å². The van der Waals surface area contributed by atoms with Crippen LogP contribution in [-0.4, -0.2) is 41.3 Å². The van der Waals surface area contributed by atoms with Crippen LogP contribution in [-0.2, 0) is 6.42 Å². The molecule has 8 nitrogen and oxygen atoms in total. The van der Waals surface area contributed by atoms with Gasteiger partial charge in [0.15, 0.2) is 11.5 Å². The van der Waals surface area contributed by atoms with Crippen molar-refractivity contribution in [2.45, 2.75) is 13.3 Å². The number of aliphatic hydroxyl groups excluding tert-OH is 1. The van der Waals surface area contributed by atoms with E-state index in [1.165, 1.54) is 32.6 Å². The second-order valence-corrected chi connectivity index (χ2v) is 6.71. The van der Waals surface area contributed by atoms with Gasteiger partial charge >= 0.3 is 0 Å². The van der Waals surface area contributed by atoms with Crippen molar-refractivity contribution in [2.75, 3.05) is 20.8 Å². The Morgan fingerprint density at radius 3 is 2.33 bits per heavy atom. The van der Waals surface area contributed by atoms with Crippen LogP contribution in [0.3, 0.4) is 0 Å². The molecule has 0 radical (unpaired) electrons. The number of aliphatic hydroxyl groups is 1. The minimum atomic E-state index is -0.552. The van der Waals surface area contributed by atoms with E-state index in [4.69, 9.17) is 13.9 Å². The molecular weight excluding hydrogens is 392 g/mol. The number of hydrogen-bond acceptors (Lipinski definition) is 8. The third-order valence-electron chi connectivity index (χ3n) is 4.80. The lowest BCUT2D eigenvalue weighted by atomic mass is 10.00. The van der Waals surface area contributed by atoms with Gasteiger partial charge in [0.05, 0.1) is 26.4 Å². The van der Waals surface area contributed by atoms with E-state index in [2.05, 4.69) is 0 Å². The normalized spacial score (nSPS) is 11.7. The number of allylic oxidation sites excluding steroid dienone is 1. The number of rotatable bonds is 6. The molecule has 1 aromatic heterocycles. The maximum absolute atomic E-state index is 13.2. The predicted molar refractivity (Wildman–Crippen MR) is 111 cm³/mol. The Balaban J connectivity index is 2.29. The molecule has 1 heterocycles. The number of ether oxygens (including phenoxy) is 2. The average molecular weight is 414 g/mol. The number of aromatic hydroxyl groups is 3. The number of benzene rings is 2. The predicted octanol–water partition coefficient (Wildman–Crippen LogP) is 3.08. The summed E-state index contributed by atoms with van der Waals surface area (Å²) in [5.41, 5.74) is 0.835. The molecule has 4 N–H and O–H groups in total. The Labute approximate surface area is 171 Å². The first-order valence-electron chi connectivity index (χ1n) is 9.03. The van der Waals surface area contributed by atoms with Gasteiger partial charge < -0.3 is 34.3 Å². The zero-order chi connectivity index (χ0) is 22.0. The van der Waals surface area contributed by atoms with Gasteiger partial charge in [-0.2, -0.15) is 0 Å². The molecular formula is C22H22O8. The number of phenols is 3. The van der Waals surface area contributed by atoms with E-state index >= 15 is 0 Å². The summed E-state index contributed by atoms with van der Waals surface area (Å²) >= 11 is 0. The van der Waals surface area contributed by atoms with E-state index in [-0.39, 0.29) is 52.6 Å². The highest BCUT2D eigenvalue weighted by Gasteiger charge is 2.21. The van der Waals surface area contributed by atoms with Gasteiger partial charge in [0.2, 0.25) is 5.43 Å². The van der Waals surface area contributed by atoms with Crippen molar-refractivity contribution in [1.82, 2.24) is 0 Å². The molecule has 3 aromatic rings. The van der Waals surface area contributed by atoms with Crippen LogP contribution in [0, 0.1) is 0 Å². The van der Waals surface area contributed by atoms with Crippen LogP contribution >= 0.6 is 0 Å². The summed E-state index contributed by atoms with van der Waals surface area (Å²) in [6.45, 7) is 1.58. The summed E-state index contributed by atoms with van der Waals surface area (Å²) in [6.07, 6.45) is 3.07. The summed E-state index contributed by atoms with van der Waals surface area (Å²) in [5, 5.41) is 39.6. The van der Waals surface area contributed by atoms with E-state index in [9.17, 15) is 25.2 Å². The summed E-state index contributed by atoms with van der Waals surface area (Å²) in [7, 11) is 2.76. The zero-order valence-corrected chi connectivity index (χ0v) is 16.7. The third kappa shape index (κ3) is 3.65. The first-order valence-corrected chi connectivity index (χ1v) is 9.03. The highest BCUT2D eigenvalue weighted by molar-refractivity contribution is 5.91. The van der Waals surface area contributed by atoms with Crippen LogP contribution in [0.2, 0.25) is 0 Å². The maximum Gasteiger partial charge on any atom is 0.204 e. The second-order valence-electron chi connectivity index (χ2n) is 6.71. The van der Waals surface area contributed by atoms with Gasteiger partial charge in [-0.15, -0.1) is 0 Å². The fraction of sp³-hybridized carbons (Fsp3) is 0.227. The van der Waals surface area contributed by atoms with Crippen LogP contribution in [0.25, 0.3) is 22.1 Å². The van der Waals surface area contributed by atoms with E-state index in [0.29, 0.717) is 16.7 Å². The topological polar surface area (TPSA) is 130 Å². The lowest BCUT2D eigenvalue weighted by molar-refractivity contribution is 0.331. The van der Waals surface area contributed by atoms with Crippen LogP contribution in [0.4, 0.5) is 0 Å². The van der Waals surface area contributed by atoms with Gasteiger partial charge in [-0.1, -0.05) is 11.6 Å². The standard InChI is InChI=1S/C22H22O8/c1-11(9-23)4-5-12-15(24)7-17(26)20-21(27)14(10-30-22(12)20)13-6-19(29-3)16(25)8-18(13)28-2/h4,6-8,10,23-26H,5,9H2,1-3H3/b11-4+. The van der Waals surface area contributed by atoms with Crippen LogP contribution in [0.5, 0.6) is 28.7 Å². The Bertz CT molecular complexity index is 1190. The summed E-state index contributed by atoms with van der Waals surface area (Å²) in [6, 6.07) is 3.81. The monoisotopic (exact) mass is 414 g/mol. The minimum absolute atomic E-state index is 0.0351. The minimum Gasteiger partial charge on any atom is -0.507 e. The van der Waals surface area contributed by atoms with E-state index < -0.39 is 11.2 Å². The highest BCUT2D eigenvalue weighted by Crippen LogP contribution is 2.40. The SMILES string of the molecule is COc1cc(-c2coc3c(C/C=C(\C)CO)c(O)cc(O)c3c2=O)c(OC)cc1O. The largest absolute Gasteiger partial charge is 0.507 e. The lowest BCUT2D eigenvalue weighted by Gasteiger charge is -2.13. The van der Waals surface area contributed by atoms with Gasteiger partial charge in [-0.05, 0) is 19.4 Å². The smallest absolute Gasteiger partial charge is 0.204 e. The highest BCUT2D eigenvalue weighted by atomic mass is 16.5. The number of phenolic OH excluding ortho intramolecular Hbond substituents is 3. The third-order valence-corrected chi connectivity index (χ3v) is 4.80. The molecule has 0 fully saturated rings. The molecule has 3 rings (SSSR count). The molecule has 0 aliphatic rings. The molecule has 0 bridgehead atoms. The van der Waals surface area contributed by atoms with Crippen molar-refractivity contribution >= 4 is 11.0 Å². The molecule has 0 unspecified atom stereocenters. The molecule has 0 atom stereocenters. The quantitative estimate of drug-likeness (QED) is 0.453. The van der Waals surface area contributed by atoms with Crippen LogP contribution < -0.4 is 14.9 Å². The molecule has 0 saturated carbocycles. The van der Waals surface area contributed by atoms with Gasteiger partial charge in [0, 0.05) is 23.3 Å². The summed E-state index contributed by atoms with van der Waals surface area (Å²) in [5.74, 6) is -0.494. The summed E-state index contributed by atoms with van der Waals surface area (Å²) < 4.78 is 16.0. The molecule has 0 aliphatic carbocycles. The Morgan fingerprint density at radius 1 is 1.00 bits per heavy atom. The van der Waals surface area contributed by atoms with Crippen LogP contribution in [0.15, 0.2) is 45.3 Å². The van der Waals surface area contributed by atoms with Crippen LogP contribution in [0.1, 0.15) is 12.5 Å². The fourth-order valence-electron chi connectivity index (χ4n) is 3.14. The number of fused-ring (bicyclic) bond motifs is 1. The molecule has 0 saturated heterocycles. The number of methoxy groups -OCH3 is 2. The summed E-state index contributed by atoms with van der Waals surface area (Å²) in [4.78, 5) is 13.2. The Kier molecular flexibility index (Phi) is 5.89.